The van der Waals surface area contributed by atoms with E-state index in [-0.39, 0.29) is 17.3 Å². The lowest BCUT2D eigenvalue weighted by atomic mass is 10.1. The molecule has 3 aromatic rings. The molecule has 2 amide bonds. The lowest BCUT2D eigenvalue weighted by Gasteiger charge is -2.32. The highest BCUT2D eigenvalue weighted by Gasteiger charge is 2.32. The summed E-state index contributed by atoms with van der Waals surface area (Å²) < 4.78 is 34.0. The second kappa shape index (κ2) is 13.3. The molecular weight excluding hydrogens is 526 g/mol. The van der Waals surface area contributed by atoms with Gasteiger partial charge >= 0.3 is 0 Å². The van der Waals surface area contributed by atoms with Gasteiger partial charge in [0.05, 0.1) is 17.2 Å². The van der Waals surface area contributed by atoms with E-state index in [2.05, 4.69) is 5.32 Å². The zero-order chi connectivity index (χ0) is 27.7. The Labute approximate surface area is 229 Å². The molecule has 0 aliphatic carbocycles. The number of sulfonamides is 1. The number of hydrogen-bond acceptors (Lipinski definition) is 5. The number of halogens is 1. The first-order valence-corrected chi connectivity index (χ1v) is 14.1. The molecule has 1 atom stereocenters. The summed E-state index contributed by atoms with van der Waals surface area (Å²) in [7, 11) is -4.12. The van der Waals surface area contributed by atoms with E-state index in [4.69, 9.17) is 16.3 Å². The van der Waals surface area contributed by atoms with E-state index >= 15 is 0 Å². The molecule has 0 unspecified atom stereocenters. The van der Waals surface area contributed by atoms with E-state index in [1.54, 1.807) is 80.6 Å². The smallest absolute Gasteiger partial charge is 0.264 e. The minimum Gasteiger partial charge on any atom is -0.494 e. The number of amides is 2. The molecule has 202 valence electrons. The van der Waals surface area contributed by atoms with Crippen LogP contribution in [0.5, 0.6) is 5.75 Å². The fourth-order valence-corrected chi connectivity index (χ4v) is 5.51. The van der Waals surface area contributed by atoms with Crippen LogP contribution in [-0.2, 0) is 26.2 Å². The van der Waals surface area contributed by atoms with Crippen molar-refractivity contribution in [3.05, 3.63) is 89.4 Å². The molecule has 0 spiro atoms. The summed E-state index contributed by atoms with van der Waals surface area (Å²) in [6.07, 6.45) is 0. The SMILES string of the molecule is CCNC(=O)[C@H](C)N(Cc1cccc(Cl)c1)C(=O)CN(c1ccc(OCC)cc1)S(=O)(=O)c1ccccc1. The van der Waals surface area contributed by atoms with Crippen molar-refractivity contribution in [2.45, 2.75) is 38.3 Å². The number of anilines is 1. The van der Waals surface area contributed by atoms with E-state index in [1.165, 1.54) is 17.0 Å². The van der Waals surface area contributed by atoms with Crippen molar-refractivity contribution in [2.75, 3.05) is 24.0 Å². The zero-order valence-electron chi connectivity index (χ0n) is 21.6. The normalized spacial score (nSPS) is 11.9. The molecule has 8 nitrogen and oxygen atoms in total. The average molecular weight is 558 g/mol. The molecule has 0 fully saturated rings. The molecule has 0 bridgehead atoms. The van der Waals surface area contributed by atoms with Gasteiger partial charge in [-0.1, -0.05) is 41.9 Å². The Morgan fingerprint density at radius 1 is 0.974 bits per heavy atom. The van der Waals surface area contributed by atoms with Gasteiger partial charge in [-0.15, -0.1) is 0 Å². The molecule has 0 aliphatic rings. The van der Waals surface area contributed by atoms with Crippen molar-refractivity contribution in [1.29, 1.82) is 0 Å². The van der Waals surface area contributed by atoms with E-state index in [0.717, 1.165) is 4.31 Å². The van der Waals surface area contributed by atoms with Crippen molar-refractivity contribution >= 4 is 39.1 Å². The van der Waals surface area contributed by atoms with Gasteiger partial charge in [0.15, 0.2) is 0 Å². The number of carbonyl (C=O) groups is 2. The Morgan fingerprint density at radius 3 is 2.26 bits per heavy atom. The van der Waals surface area contributed by atoms with Gasteiger partial charge in [-0.2, -0.15) is 0 Å². The number of hydrogen-bond donors (Lipinski definition) is 1. The van der Waals surface area contributed by atoms with E-state index in [9.17, 15) is 18.0 Å². The summed E-state index contributed by atoms with van der Waals surface area (Å²) >= 11 is 6.15. The van der Waals surface area contributed by atoms with Gasteiger partial charge in [-0.05, 0) is 74.9 Å². The molecule has 0 radical (unpaired) electrons. The monoisotopic (exact) mass is 557 g/mol. The Bertz CT molecular complexity index is 1330. The number of carbonyl (C=O) groups excluding carboxylic acids is 2. The predicted molar refractivity (Wildman–Crippen MR) is 149 cm³/mol. The summed E-state index contributed by atoms with van der Waals surface area (Å²) in [5.74, 6) is -0.314. The van der Waals surface area contributed by atoms with Gasteiger partial charge < -0.3 is 15.0 Å². The maximum atomic E-state index is 13.8. The Morgan fingerprint density at radius 2 is 1.66 bits per heavy atom. The minimum absolute atomic E-state index is 0.0415. The highest BCUT2D eigenvalue weighted by molar-refractivity contribution is 7.92. The molecule has 0 saturated carbocycles. The largest absolute Gasteiger partial charge is 0.494 e. The topological polar surface area (TPSA) is 96.0 Å². The van der Waals surface area contributed by atoms with Crippen LogP contribution >= 0.6 is 11.6 Å². The summed E-state index contributed by atoms with van der Waals surface area (Å²) in [6.45, 7) is 5.65. The van der Waals surface area contributed by atoms with Gasteiger partial charge in [0.2, 0.25) is 11.8 Å². The Balaban J connectivity index is 2.01. The fourth-order valence-electron chi connectivity index (χ4n) is 3.86. The lowest BCUT2D eigenvalue weighted by Crippen LogP contribution is -2.51. The predicted octanol–water partition coefficient (Wildman–Crippen LogP) is 4.49. The number of nitrogens with zero attached hydrogens (tertiary/aromatic N) is 2. The number of ether oxygens (including phenoxy) is 1. The molecule has 0 aromatic heterocycles. The van der Waals surface area contributed by atoms with Gasteiger partial charge in [-0.25, -0.2) is 8.42 Å². The maximum absolute atomic E-state index is 13.8. The highest BCUT2D eigenvalue weighted by atomic mass is 35.5. The second-order valence-corrected chi connectivity index (χ2v) is 10.8. The quantitative estimate of drug-likeness (QED) is 0.354. The van der Waals surface area contributed by atoms with Crippen molar-refractivity contribution in [1.82, 2.24) is 10.2 Å². The van der Waals surface area contributed by atoms with Crippen LogP contribution in [0.25, 0.3) is 0 Å². The lowest BCUT2D eigenvalue weighted by molar-refractivity contribution is -0.139. The maximum Gasteiger partial charge on any atom is 0.264 e. The van der Waals surface area contributed by atoms with Crippen LogP contribution < -0.4 is 14.4 Å². The number of rotatable bonds is 12. The van der Waals surface area contributed by atoms with E-state index < -0.39 is 28.5 Å². The molecule has 3 rings (SSSR count). The van der Waals surface area contributed by atoms with Gasteiger partial charge in [0.25, 0.3) is 10.0 Å². The van der Waals surface area contributed by atoms with Crippen molar-refractivity contribution < 1.29 is 22.7 Å². The van der Waals surface area contributed by atoms with Gasteiger partial charge in [0.1, 0.15) is 18.3 Å². The van der Waals surface area contributed by atoms with Crippen molar-refractivity contribution in [3.63, 3.8) is 0 Å². The van der Waals surface area contributed by atoms with Crippen LogP contribution in [0.15, 0.2) is 83.8 Å². The summed E-state index contributed by atoms with van der Waals surface area (Å²) in [6, 6.07) is 20.5. The highest BCUT2D eigenvalue weighted by Crippen LogP contribution is 2.26. The molecule has 0 aliphatic heterocycles. The Hall–Kier alpha value is -3.56. The van der Waals surface area contributed by atoms with Crippen LogP contribution in [0.3, 0.4) is 0 Å². The molecule has 10 heteroatoms. The number of benzene rings is 3. The summed E-state index contributed by atoms with van der Waals surface area (Å²) in [5.41, 5.74) is 1.000. The van der Waals surface area contributed by atoms with Crippen LogP contribution in [0.1, 0.15) is 26.3 Å². The standard InChI is InChI=1S/C28H32ClN3O5S/c1-4-30-28(34)21(3)31(19-22-10-9-11-23(29)18-22)27(33)20-32(24-14-16-25(17-15-24)37-5-2)38(35,36)26-12-7-6-8-13-26/h6-18,21H,4-5,19-20H2,1-3H3,(H,30,34)/t21-/m0/s1. The summed E-state index contributed by atoms with van der Waals surface area (Å²) in [4.78, 5) is 27.9. The van der Waals surface area contributed by atoms with E-state index in [0.29, 0.717) is 35.2 Å². The number of likely N-dealkylation sites (N-methyl/N-ethyl adjacent to an activating group) is 1. The fraction of sp³-hybridized carbons (Fsp3) is 0.286. The molecule has 38 heavy (non-hydrogen) atoms. The van der Waals surface area contributed by atoms with Crippen LogP contribution in [-0.4, -0.2) is 50.9 Å². The Kier molecular flexibility index (Phi) is 10.2. The molecule has 0 heterocycles. The van der Waals surface area contributed by atoms with Crippen LogP contribution in [0.2, 0.25) is 5.02 Å². The van der Waals surface area contributed by atoms with E-state index in [1.807, 2.05) is 6.92 Å². The minimum atomic E-state index is -4.12. The first-order valence-electron chi connectivity index (χ1n) is 12.3. The van der Waals surface area contributed by atoms with Crippen molar-refractivity contribution in [2.24, 2.45) is 0 Å². The first kappa shape index (κ1) is 29.0. The van der Waals surface area contributed by atoms with Gasteiger partial charge in [-0.3, -0.25) is 13.9 Å². The third-order valence-electron chi connectivity index (χ3n) is 5.81. The first-order chi connectivity index (χ1) is 18.2. The molecule has 1 N–H and O–H groups in total. The molecule has 0 saturated heterocycles. The summed E-state index contributed by atoms with van der Waals surface area (Å²) in [5, 5.41) is 3.22. The average Bonchev–Trinajstić information content (AvgIpc) is 2.91. The zero-order valence-corrected chi connectivity index (χ0v) is 23.2. The second-order valence-electron chi connectivity index (χ2n) is 8.47. The molecular formula is C28H32ClN3O5S. The van der Waals surface area contributed by atoms with Crippen LogP contribution in [0, 0.1) is 0 Å². The third-order valence-corrected chi connectivity index (χ3v) is 7.83. The third kappa shape index (κ3) is 7.26. The van der Waals surface area contributed by atoms with Crippen LogP contribution in [0.4, 0.5) is 5.69 Å². The van der Waals surface area contributed by atoms with Gasteiger partial charge in [0, 0.05) is 18.1 Å². The number of nitrogens with one attached hydrogen (secondary N) is 1. The molecule has 3 aromatic carbocycles. The van der Waals surface area contributed by atoms with Crippen molar-refractivity contribution in [3.8, 4) is 5.75 Å².